The van der Waals surface area contributed by atoms with E-state index >= 15 is 0 Å². The maximum atomic E-state index is 10.0. The van der Waals surface area contributed by atoms with Crippen LogP contribution in [-0.4, -0.2) is 5.11 Å². The Morgan fingerprint density at radius 2 is 2.07 bits per heavy atom. The van der Waals surface area contributed by atoms with Crippen LogP contribution in [0.4, 0.5) is 0 Å². The molecule has 14 heavy (non-hydrogen) atoms. The van der Waals surface area contributed by atoms with Crippen molar-refractivity contribution in [2.45, 2.75) is 19.4 Å². The molecule has 74 valence electrons. The SMILES string of the molecule is C=C(C)C1CC1C(O)c1ccccc1. The predicted octanol–water partition coefficient (Wildman–Crippen LogP) is 2.93. The van der Waals surface area contributed by atoms with Gasteiger partial charge in [-0.3, -0.25) is 0 Å². The van der Waals surface area contributed by atoms with Crippen LogP contribution < -0.4 is 0 Å². The number of aliphatic hydroxyl groups excluding tert-OH is 1. The van der Waals surface area contributed by atoms with E-state index in [0.29, 0.717) is 11.8 Å². The monoisotopic (exact) mass is 188 g/mol. The molecule has 1 aromatic rings. The van der Waals surface area contributed by atoms with E-state index in [-0.39, 0.29) is 6.10 Å². The third-order valence-corrected chi connectivity index (χ3v) is 3.02. The minimum atomic E-state index is -0.308. The lowest BCUT2D eigenvalue weighted by atomic mass is 10.0. The summed E-state index contributed by atoms with van der Waals surface area (Å²) in [5.41, 5.74) is 2.23. The first-order chi connectivity index (χ1) is 6.70. The average Bonchev–Trinajstić information content (AvgIpc) is 2.97. The molecule has 0 bridgehead atoms. The summed E-state index contributed by atoms with van der Waals surface area (Å²) in [6.45, 7) is 5.98. The van der Waals surface area contributed by atoms with Gasteiger partial charge in [-0.25, -0.2) is 0 Å². The molecule has 0 radical (unpaired) electrons. The van der Waals surface area contributed by atoms with Crippen molar-refractivity contribution in [3.05, 3.63) is 48.0 Å². The van der Waals surface area contributed by atoms with Crippen molar-refractivity contribution in [3.63, 3.8) is 0 Å². The van der Waals surface area contributed by atoms with E-state index in [9.17, 15) is 5.11 Å². The zero-order valence-electron chi connectivity index (χ0n) is 8.48. The van der Waals surface area contributed by atoms with Crippen molar-refractivity contribution in [2.75, 3.05) is 0 Å². The Hall–Kier alpha value is -1.08. The molecule has 0 aliphatic heterocycles. The molecule has 1 aliphatic rings. The molecular formula is C13H16O. The first-order valence-corrected chi connectivity index (χ1v) is 5.08. The van der Waals surface area contributed by atoms with Crippen molar-refractivity contribution in [1.29, 1.82) is 0 Å². The molecular weight excluding hydrogens is 172 g/mol. The number of allylic oxidation sites excluding steroid dienone is 1. The number of hydrogen-bond donors (Lipinski definition) is 1. The molecule has 0 aromatic heterocycles. The van der Waals surface area contributed by atoms with Gasteiger partial charge in [-0.2, -0.15) is 0 Å². The Bertz CT molecular complexity index is 328. The van der Waals surface area contributed by atoms with E-state index in [1.807, 2.05) is 37.3 Å². The summed E-state index contributed by atoms with van der Waals surface area (Å²) in [5.74, 6) is 0.931. The van der Waals surface area contributed by atoms with Gasteiger partial charge in [-0.1, -0.05) is 42.5 Å². The molecule has 1 N–H and O–H groups in total. The number of rotatable bonds is 3. The smallest absolute Gasteiger partial charge is 0.0824 e. The Morgan fingerprint density at radius 3 is 2.57 bits per heavy atom. The van der Waals surface area contributed by atoms with Gasteiger partial charge >= 0.3 is 0 Å². The van der Waals surface area contributed by atoms with Crippen LogP contribution in [0.3, 0.4) is 0 Å². The van der Waals surface area contributed by atoms with Gasteiger partial charge in [0.15, 0.2) is 0 Å². The van der Waals surface area contributed by atoms with E-state index in [0.717, 1.165) is 12.0 Å². The van der Waals surface area contributed by atoms with Gasteiger partial charge in [0.05, 0.1) is 6.10 Å². The van der Waals surface area contributed by atoms with Crippen LogP contribution in [0.1, 0.15) is 25.0 Å². The normalized spacial score (nSPS) is 27.0. The molecule has 0 heterocycles. The Morgan fingerprint density at radius 1 is 1.43 bits per heavy atom. The molecule has 1 aliphatic carbocycles. The van der Waals surface area contributed by atoms with Crippen molar-refractivity contribution < 1.29 is 5.11 Å². The largest absolute Gasteiger partial charge is 0.388 e. The van der Waals surface area contributed by atoms with Crippen LogP contribution in [0.5, 0.6) is 0 Å². The quantitative estimate of drug-likeness (QED) is 0.723. The summed E-state index contributed by atoms with van der Waals surface area (Å²) in [4.78, 5) is 0. The molecule has 1 nitrogen and oxygen atoms in total. The van der Waals surface area contributed by atoms with Gasteiger partial charge in [0.2, 0.25) is 0 Å². The topological polar surface area (TPSA) is 20.2 Å². The van der Waals surface area contributed by atoms with Crippen LogP contribution >= 0.6 is 0 Å². The van der Waals surface area contributed by atoms with Crippen molar-refractivity contribution in [1.82, 2.24) is 0 Å². The molecule has 0 amide bonds. The fourth-order valence-electron chi connectivity index (χ4n) is 2.03. The van der Waals surface area contributed by atoms with Gasteiger partial charge in [0.1, 0.15) is 0 Å². The molecule has 1 aromatic carbocycles. The Kier molecular flexibility index (Phi) is 2.42. The third-order valence-electron chi connectivity index (χ3n) is 3.02. The Balaban J connectivity index is 2.05. The van der Waals surface area contributed by atoms with Crippen LogP contribution in [0, 0.1) is 11.8 Å². The van der Waals surface area contributed by atoms with Crippen LogP contribution in [0.25, 0.3) is 0 Å². The maximum absolute atomic E-state index is 10.0. The summed E-state index contributed by atoms with van der Waals surface area (Å²) < 4.78 is 0. The summed E-state index contributed by atoms with van der Waals surface area (Å²) in [7, 11) is 0. The summed E-state index contributed by atoms with van der Waals surface area (Å²) >= 11 is 0. The highest BCUT2D eigenvalue weighted by Gasteiger charge is 2.42. The highest BCUT2D eigenvalue weighted by atomic mass is 16.3. The molecule has 1 saturated carbocycles. The minimum absolute atomic E-state index is 0.308. The van der Waals surface area contributed by atoms with E-state index in [2.05, 4.69) is 6.58 Å². The highest BCUT2D eigenvalue weighted by molar-refractivity contribution is 5.22. The van der Waals surface area contributed by atoms with Gasteiger partial charge in [-0.05, 0) is 30.7 Å². The zero-order valence-corrected chi connectivity index (χ0v) is 8.48. The second-order valence-electron chi connectivity index (χ2n) is 4.21. The van der Waals surface area contributed by atoms with Crippen molar-refractivity contribution >= 4 is 0 Å². The lowest BCUT2D eigenvalue weighted by Gasteiger charge is -2.10. The van der Waals surface area contributed by atoms with Crippen LogP contribution in [-0.2, 0) is 0 Å². The second kappa shape index (κ2) is 3.58. The van der Waals surface area contributed by atoms with E-state index in [1.54, 1.807) is 0 Å². The van der Waals surface area contributed by atoms with Gasteiger partial charge in [0, 0.05) is 0 Å². The number of hydrogen-bond acceptors (Lipinski definition) is 1. The predicted molar refractivity (Wildman–Crippen MR) is 57.8 cm³/mol. The Labute approximate surface area is 85.1 Å². The molecule has 2 rings (SSSR count). The minimum Gasteiger partial charge on any atom is -0.388 e. The van der Waals surface area contributed by atoms with Crippen LogP contribution in [0.2, 0.25) is 0 Å². The summed E-state index contributed by atoms with van der Waals surface area (Å²) in [6.07, 6.45) is 0.781. The lowest BCUT2D eigenvalue weighted by Crippen LogP contribution is -2.01. The fraction of sp³-hybridized carbons (Fsp3) is 0.385. The van der Waals surface area contributed by atoms with Crippen molar-refractivity contribution in [3.8, 4) is 0 Å². The van der Waals surface area contributed by atoms with E-state index in [4.69, 9.17) is 0 Å². The average molecular weight is 188 g/mol. The molecule has 0 spiro atoms. The van der Waals surface area contributed by atoms with E-state index < -0.39 is 0 Å². The summed E-state index contributed by atoms with van der Waals surface area (Å²) in [6, 6.07) is 9.88. The molecule has 1 heteroatoms. The number of benzene rings is 1. The molecule has 3 atom stereocenters. The fourth-order valence-corrected chi connectivity index (χ4v) is 2.03. The molecule has 0 saturated heterocycles. The highest BCUT2D eigenvalue weighted by Crippen LogP contribution is 2.50. The van der Waals surface area contributed by atoms with E-state index in [1.165, 1.54) is 5.57 Å². The van der Waals surface area contributed by atoms with Crippen molar-refractivity contribution in [2.24, 2.45) is 11.8 Å². The first kappa shape index (κ1) is 9.47. The standard InChI is InChI=1S/C13H16O/c1-9(2)11-8-12(11)13(14)10-6-4-3-5-7-10/h3-7,11-14H,1,8H2,2H3. The van der Waals surface area contributed by atoms with Gasteiger partial charge in [-0.15, -0.1) is 0 Å². The summed E-state index contributed by atoms with van der Waals surface area (Å²) in [5, 5.41) is 10.0. The zero-order chi connectivity index (χ0) is 10.1. The molecule has 3 unspecified atom stereocenters. The number of aliphatic hydroxyl groups is 1. The maximum Gasteiger partial charge on any atom is 0.0824 e. The third kappa shape index (κ3) is 1.73. The van der Waals surface area contributed by atoms with Gasteiger partial charge in [0.25, 0.3) is 0 Å². The first-order valence-electron chi connectivity index (χ1n) is 5.08. The second-order valence-corrected chi connectivity index (χ2v) is 4.21. The van der Waals surface area contributed by atoms with Crippen LogP contribution in [0.15, 0.2) is 42.5 Å². The van der Waals surface area contributed by atoms with Gasteiger partial charge < -0.3 is 5.11 Å². The lowest BCUT2D eigenvalue weighted by molar-refractivity contribution is 0.149. The molecule has 1 fully saturated rings.